The van der Waals surface area contributed by atoms with Crippen molar-refractivity contribution < 1.29 is 13.9 Å². The van der Waals surface area contributed by atoms with Crippen LogP contribution in [0, 0.1) is 19.7 Å². The van der Waals surface area contributed by atoms with Crippen molar-refractivity contribution in [2.45, 2.75) is 101 Å². The first-order valence-electron chi connectivity index (χ1n) is 16.8. The second-order valence-corrected chi connectivity index (χ2v) is 10.4. The van der Waals surface area contributed by atoms with Crippen molar-refractivity contribution in [1.29, 1.82) is 0 Å². The Kier molecular flexibility index (Phi) is 30.8. The molecule has 0 unspecified atom stereocenters. The smallest absolute Gasteiger partial charge is 0.220 e. The summed E-state index contributed by atoms with van der Waals surface area (Å²) in [5, 5.41) is 5.95. The Hall–Kier alpha value is -3.45. The lowest BCUT2D eigenvalue weighted by molar-refractivity contribution is -0.121. The summed E-state index contributed by atoms with van der Waals surface area (Å²) in [7, 11) is 5.62. The van der Waals surface area contributed by atoms with Crippen LogP contribution in [-0.4, -0.2) is 57.5 Å². The predicted molar refractivity (Wildman–Crippen MR) is 201 cm³/mol. The standard InChI is InChI=1S/C13H17NO.C10H13F.C8H18N2O.C6H13N.C2H6/c1-9-6-7-13(8-10(9)2)11(3)14-12(4)15-5;1-3-8-6-5-7-10(11)9(8)4-2;1-3-5-8(11)10-7-6-9-4-2;1-5-6(2)7(3)4;1-2/h6-8H,3H2,1-2,4-5H3;5-7H,3-4H2,1-2H3;9H,3-7H2,1-2H3,(H,10,11);2,5H2,1,3-4H3;1-2H3. The third-order valence-corrected chi connectivity index (χ3v) is 6.77. The second-order valence-electron chi connectivity index (χ2n) is 10.4. The lowest BCUT2D eigenvalue weighted by Crippen LogP contribution is -2.31. The molecular weight excluding hydrogens is 575 g/mol. The molecule has 0 fully saturated rings. The van der Waals surface area contributed by atoms with Crippen LogP contribution in [0.3, 0.4) is 0 Å². The highest BCUT2D eigenvalue weighted by atomic mass is 19.1. The van der Waals surface area contributed by atoms with Crippen molar-refractivity contribution in [3.8, 4) is 0 Å². The van der Waals surface area contributed by atoms with Crippen LogP contribution >= 0.6 is 0 Å². The molecule has 0 radical (unpaired) electrons. The van der Waals surface area contributed by atoms with Crippen LogP contribution in [0.1, 0.15) is 102 Å². The topological polar surface area (TPSA) is 66.0 Å². The molecule has 0 aliphatic rings. The number of aliphatic imine (C=N–C) groups is 1. The molecule has 0 heterocycles. The number of nitrogens with zero attached hydrogens (tertiary/aromatic N) is 2. The minimum atomic E-state index is -0.0631. The monoisotopic (exact) mass is 643 g/mol. The van der Waals surface area contributed by atoms with E-state index in [1.54, 1.807) is 13.2 Å². The van der Waals surface area contributed by atoms with Crippen LogP contribution < -0.4 is 10.6 Å². The Labute approximate surface area is 282 Å². The van der Waals surface area contributed by atoms with E-state index in [9.17, 15) is 9.18 Å². The largest absolute Gasteiger partial charge is 0.484 e. The van der Waals surface area contributed by atoms with E-state index in [0.717, 1.165) is 67.7 Å². The van der Waals surface area contributed by atoms with Gasteiger partial charge < -0.3 is 20.3 Å². The van der Waals surface area contributed by atoms with Crippen molar-refractivity contribution in [2.24, 2.45) is 4.99 Å². The zero-order chi connectivity index (χ0) is 36.1. The van der Waals surface area contributed by atoms with Gasteiger partial charge in [0.25, 0.3) is 0 Å². The molecule has 0 saturated heterocycles. The minimum Gasteiger partial charge on any atom is -0.484 e. The second kappa shape index (κ2) is 30.2. The number of hydrogen-bond donors (Lipinski definition) is 2. The summed E-state index contributed by atoms with van der Waals surface area (Å²) in [6.45, 7) is 30.5. The van der Waals surface area contributed by atoms with Gasteiger partial charge in [0, 0.05) is 46.2 Å². The van der Waals surface area contributed by atoms with E-state index in [2.05, 4.69) is 61.7 Å². The summed E-state index contributed by atoms with van der Waals surface area (Å²) in [6, 6.07) is 11.5. The van der Waals surface area contributed by atoms with Crippen LogP contribution in [-0.2, 0) is 22.4 Å². The van der Waals surface area contributed by atoms with Gasteiger partial charge >= 0.3 is 0 Å². The molecule has 0 atom stereocenters. The highest BCUT2D eigenvalue weighted by Gasteiger charge is 2.03. The zero-order valence-corrected chi connectivity index (χ0v) is 31.6. The summed E-state index contributed by atoms with van der Waals surface area (Å²) < 4.78 is 18.0. The van der Waals surface area contributed by atoms with Gasteiger partial charge in [0.1, 0.15) is 5.82 Å². The van der Waals surface area contributed by atoms with Gasteiger partial charge in [-0.1, -0.05) is 85.9 Å². The number of carbonyl (C=O) groups excluding carboxylic acids is 1. The number of rotatable bonds is 12. The first kappa shape index (κ1) is 47.0. The third-order valence-electron chi connectivity index (χ3n) is 6.77. The molecule has 262 valence electrons. The molecule has 0 aromatic heterocycles. The number of hydrogen-bond acceptors (Lipinski definition) is 5. The number of allylic oxidation sites excluding steroid dienone is 1. The summed E-state index contributed by atoms with van der Waals surface area (Å²) in [5.41, 5.74) is 7.48. The van der Waals surface area contributed by atoms with E-state index >= 15 is 0 Å². The van der Waals surface area contributed by atoms with Crippen molar-refractivity contribution in [2.75, 3.05) is 40.8 Å². The number of aryl methyl sites for hydroxylation is 3. The quantitative estimate of drug-likeness (QED) is 0.138. The predicted octanol–water partition coefficient (Wildman–Crippen LogP) is 9.30. The Bertz CT molecular complexity index is 1140. The Balaban J connectivity index is -0.000000542. The molecule has 0 spiro atoms. The SMILES string of the molecule is C=C(CC)N(C)C.C=C(N=C(C)OC)c1ccc(C)c(C)c1.CC.CCCC(=O)NCCNCC.CCc1cccc(F)c1CC. The molecule has 2 rings (SSSR count). The van der Waals surface area contributed by atoms with E-state index < -0.39 is 0 Å². The number of ether oxygens (including phenoxy) is 1. The van der Waals surface area contributed by atoms with Gasteiger partial charge in [0.2, 0.25) is 5.91 Å². The molecule has 46 heavy (non-hydrogen) atoms. The van der Waals surface area contributed by atoms with E-state index in [0.29, 0.717) is 12.3 Å². The highest BCUT2D eigenvalue weighted by molar-refractivity contribution is 5.81. The van der Waals surface area contributed by atoms with E-state index in [4.69, 9.17) is 4.74 Å². The molecule has 6 nitrogen and oxygen atoms in total. The summed E-state index contributed by atoms with van der Waals surface area (Å²) >= 11 is 0. The van der Waals surface area contributed by atoms with Crippen LogP contribution in [0.2, 0.25) is 0 Å². The molecule has 2 aromatic carbocycles. The summed E-state index contributed by atoms with van der Waals surface area (Å²) in [5.74, 6) is 0.718. The van der Waals surface area contributed by atoms with Gasteiger partial charge in [-0.15, -0.1) is 0 Å². The number of likely N-dealkylation sites (N-methyl/N-ethyl adjacent to an activating group) is 1. The van der Waals surface area contributed by atoms with Gasteiger partial charge in [-0.2, -0.15) is 0 Å². The van der Waals surface area contributed by atoms with Crippen LogP contribution in [0.5, 0.6) is 0 Å². The van der Waals surface area contributed by atoms with E-state index in [-0.39, 0.29) is 11.7 Å². The lowest BCUT2D eigenvalue weighted by Gasteiger charge is -2.12. The molecule has 0 saturated carbocycles. The molecule has 7 heteroatoms. The first-order chi connectivity index (χ1) is 21.8. The number of methoxy groups -OCH3 is 1. The highest BCUT2D eigenvalue weighted by Crippen LogP contribution is 2.18. The fourth-order valence-electron chi connectivity index (χ4n) is 3.65. The first-order valence-corrected chi connectivity index (χ1v) is 16.8. The lowest BCUT2D eigenvalue weighted by atomic mass is 10.0. The average molecular weight is 643 g/mol. The average Bonchev–Trinajstić information content (AvgIpc) is 3.05. The van der Waals surface area contributed by atoms with Gasteiger partial charge in [-0.3, -0.25) is 4.79 Å². The zero-order valence-electron chi connectivity index (χ0n) is 31.6. The van der Waals surface area contributed by atoms with Crippen molar-refractivity contribution >= 4 is 17.5 Å². The van der Waals surface area contributed by atoms with Crippen LogP contribution in [0.15, 0.2) is 60.2 Å². The molecule has 2 N–H and O–H groups in total. The molecule has 0 aliphatic heterocycles. The minimum absolute atomic E-state index is 0.0631. The van der Waals surface area contributed by atoms with Crippen molar-refractivity contribution in [1.82, 2.24) is 15.5 Å². The number of carbonyl (C=O) groups is 1. The normalized spacial score (nSPS) is 9.83. The number of halogens is 1. The maximum atomic E-state index is 13.0. The summed E-state index contributed by atoms with van der Waals surface area (Å²) in [6.07, 6.45) is 4.32. The Morgan fingerprint density at radius 3 is 2.00 bits per heavy atom. The van der Waals surface area contributed by atoms with E-state index in [1.807, 2.05) is 79.6 Å². The van der Waals surface area contributed by atoms with Gasteiger partial charge in [-0.05, 0) is 86.0 Å². The van der Waals surface area contributed by atoms with Gasteiger partial charge in [-0.25, -0.2) is 9.38 Å². The Morgan fingerprint density at radius 1 is 0.957 bits per heavy atom. The summed E-state index contributed by atoms with van der Waals surface area (Å²) in [4.78, 5) is 17.1. The molecule has 2 aromatic rings. The molecular formula is C39H67FN4O2. The number of amides is 1. The van der Waals surface area contributed by atoms with Crippen LogP contribution in [0.4, 0.5) is 4.39 Å². The fraction of sp³-hybridized carbons (Fsp3) is 0.538. The van der Waals surface area contributed by atoms with Gasteiger partial charge in [0.05, 0.1) is 12.8 Å². The van der Waals surface area contributed by atoms with Crippen molar-refractivity contribution in [3.63, 3.8) is 0 Å². The van der Waals surface area contributed by atoms with Crippen LogP contribution in [0.25, 0.3) is 5.70 Å². The molecule has 0 bridgehead atoms. The van der Waals surface area contributed by atoms with Crippen molar-refractivity contribution in [3.05, 3.63) is 88.9 Å². The maximum Gasteiger partial charge on any atom is 0.220 e. The maximum absolute atomic E-state index is 13.0. The number of benzene rings is 2. The molecule has 1 amide bonds. The van der Waals surface area contributed by atoms with E-state index in [1.165, 1.54) is 22.9 Å². The third kappa shape index (κ3) is 23.0. The molecule has 0 aliphatic carbocycles. The fourth-order valence-corrected chi connectivity index (χ4v) is 3.65. The Morgan fingerprint density at radius 2 is 1.59 bits per heavy atom. The number of nitrogens with one attached hydrogen (secondary N) is 2. The van der Waals surface area contributed by atoms with Gasteiger partial charge in [0.15, 0.2) is 5.90 Å².